The molecule has 146 valence electrons. The van der Waals surface area contributed by atoms with Crippen molar-refractivity contribution in [3.05, 3.63) is 53.1 Å². The Morgan fingerprint density at radius 2 is 1.89 bits per heavy atom. The summed E-state index contributed by atoms with van der Waals surface area (Å²) >= 11 is 0. The van der Waals surface area contributed by atoms with Crippen LogP contribution in [-0.4, -0.2) is 34.0 Å². The van der Waals surface area contributed by atoms with E-state index in [1.165, 1.54) is 0 Å². The first-order valence-electron chi connectivity index (χ1n) is 8.99. The zero-order chi connectivity index (χ0) is 19.9. The van der Waals surface area contributed by atoms with Crippen LogP contribution >= 0.6 is 0 Å². The first-order chi connectivity index (χ1) is 13.3. The third-order valence-corrected chi connectivity index (χ3v) is 6.37. The van der Waals surface area contributed by atoms with Crippen molar-refractivity contribution in [3.8, 4) is 11.1 Å². The van der Waals surface area contributed by atoms with Crippen LogP contribution in [0.5, 0.6) is 0 Å². The lowest BCUT2D eigenvalue weighted by atomic mass is 9.88. The number of nitrogens with zero attached hydrogens (tertiary/aromatic N) is 3. The second-order valence-electron chi connectivity index (χ2n) is 7.20. The van der Waals surface area contributed by atoms with Crippen molar-refractivity contribution >= 4 is 15.9 Å². The van der Waals surface area contributed by atoms with Gasteiger partial charge in [-0.05, 0) is 42.1 Å². The van der Waals surface area contributed by atoms with Crippen LogP contribution in [0.3, 0.4) is 0 Å². The molecule has 0 spiro atoms. The summed E-state index contributed by atoms with van der Waals surface area (Å²) in [7, 11) is -3.97. The first kappa shape index (κ1) is 18.9. The van der Waals surface area contributed by atoms with Gasteiger partial charge in [-0.15, -0.1) is 5.11 Å². The normalized spacial score (nSPS) is 21.9. The van der Waals surface area contributed by atoms with Gasteiger partial charge in [-0.3, -0.25) is 0 Å². The van der Waals surface area contributed by atoms with E-state index in [0.717, 1.165) is 30.6 Å². The molecule has 0 unspecified atom stereocenters. The maximum atomic E-state index is 12.3. The fourth-order valence-corrected chi connectivity index (χ4v) is 4.82. The van der Waals surface area contributed by atoms with Gasteiger partial charge in [0.05, 0.1) is 10.4 Å². The molecule has 2 heterocycles. The van der Waals surface area contributed by atoms with E-state index >= 15 is 0 Å². The molecular formula is C19H22N6O2S. The molecule has 2 aliphatic heterocycles. The van der Waals surface area contributed by atoms with Crippen molar-refractivity contribution in [1.82, 2.24) is 5.32 Å². The molecule has 1 saturated heterocycles. The van der Waals surface area contributed by atoms with E-state index in [4.69, 9.17) is 10.9 Å². The van der Waals surface area contributed by atoms with E-state index in [9.17, 15) is 8.42 Å². The largest absolute Gasteiger partial charge is 0.320 e. The Hall–Kier alpha value is -2.46. The molecule has 1 atom stereocenters. The molecule has 2 aromatic rings. The number of benzene rings is 2. The number of nitrogens with two attached hydrogens (primary N) is 2. The second kappa shape index (κ2) is 6.85. The highest BCUT2D eigenvalue weighted by Gasteiger charge is 2.31. The molecule has 28 heavy (non-hydrogen) atoms. The molecule has 0 amide bonds. The monoisotopic (exact) mass is 398 g/mol. The summed E-state index contributed by atoms with van der Waals surface area (Å²) < 4.78 is 24.6. The Labute approximate surface area is 163 Å². The van der Waals surface area contributed by atoms with E-state index in [-0.39, 0.29) is 22.9 Å². The van der Waals surface area contributed by atoms with Gasteiger partial charge in [0.2, 0.25) is 10.0 Å². The Kier molecular flexibility index (Phi) is 4.62. The maximum absolute atomic E-state index is 12.3. The van der Waals surface area contributed by atoms with E-state index < -0.39 is 10.0 Å². The van der Waals surface area contributed by atoms with Crippen molar-refractivity contribution in [2.45, 2.75) is 23.8 Å². The van der Waals surface area contributed by atoms with Crippen LogP contribution < -0.4 is 16.2 Å². The highest BCUT2D eigenvalue weighted by molar-refractivity contribution is 7.89. The number of amidine groups is 1. The van der Waals surface area contributed by atoms with Crippen LogP contribution in [0.25, 0.3) is 11.1 Å². The van der Waals surface area contributed by atoms with E-state index in [1.54, 1.807) is 13.0 Å². The van der Waals surface area contributed by atoms with Gasteiger partial charge >= 0.3 is 0 Å². The summed E-state index contributed by atoms with van der Waals surface area (Å²) in [6.45, 7) is 3.50. The fraction of sp³-hybridized carbons (Fsp3) is 0.316. The average Bonchev–Trinajstić information content (AvgIpc) is 3.33. The van der Waals surface area contributed by atoms with Crippen molar-refractivity contribution in [1.29, 1.82) is 0 Å². The minimum absolute atomic E-state index is 0.0314. The molecule has 0 radical (unpaired) electrons. The molecular weight excluding hydrogens is 376 g/mol. The number of nitrogens with one attached hydrogen (secondary N) is 1. The highest BCUT2D eigenvalue weighted by atomic mass is 32.2. The minimum Gasteiger partial charge on any atom is -0.320 e. The zero-order valence-corrected chi connectivity index (χ0v) is 16.3. The molecule has 0 saturated carbocycles. The minimum atomic E-state index is -3.97. The number of azo groups is 1. The third kappa shape index (κ3) is 3.26. The van der Waals surface area contributed by atoms with E-state index in [1.807, 2.05) is 30.3 Å². The first-order valence-corrected chi connectivity index (χ1v) is 10.5. The summed E-state index contributed by atoms with van der Waals surface area (Å²) in [6, 6.07) is 11.5. The molecule has 0 aromatic heterocycles. The van der Waals surface area contributed by atoms with Gasteiger partial charge in [0.1, 0.15) is 0 Å². The molecule has 0 aliphatic carbocycles. The van der Waals surface area contributed by atoms with E-state index in [2.05, 4.69) is 20.5 Å². The van der Waals surface area contributed by atoms with Crippen LogP contribution in [0.4, 0.5) is 0 Å². The van der Waals surface area contributed by atoms with Gasteiger partial charge in [0, 0.05) is 12.1 Å². The number of aliphatic imine (C=N–C) groups is 1. The lowest BCUT2D eigenvalue weighted by molar-refractivity contribution is 0.494. The van der Waals surface area contributed by atoms with Crippen molar-refractivity contribution in [3.63, 3.8) is 0 Å². The third-order valence-electron chi connectivity index (χ3n) is 5.27. The van der Waals surface area contributed by atoms with Crippen molar-refractivity contribution < 1.29 is 8.42 Å². The summed E-state index contributed by atoms with van der Waals surface area (Å²) in [5, 5.41) is 16.7. The SMILES string of the molecule is Cc1ccc(-c2ccc([C@@]3(N)CCNC3)cc2)c(C2=NCN=N2)c1S(N)(=O)=O. The van der Waals surface area contributed by atoms with Gasteiger partial charge < -0.3 is 11.1 Å². The predicted molar refractivity (Wildman–Crippen MR) is 108 cm³/mol. The number of aryl methyl sites for hydroxylation is 1. The summed E-state index contributed by atoms with van der Waals surface area (Å²) in [5.74, 6) is 0.280. The number of hydrogen-bond acceptors (Lipinski definition) is 7. The van der Waals surface area contributed by atoms with Crippen LogP contribution in [0.15, 0.2) is 56.5 Å². The Balaban J connectivity index is 1.87. The second-order valence-corrected chi connectivity index (χ2v) is 8.70. The fourth-order valence-electron chi connectivity index (χ4n) is 3.81. The quantitative estimate of drug-likeness (QED) is 0.721. The van der Waals surface area contributed by atoms with Gasteiger partial charge in [-0.1, -0.05) is 36.4 Å². The molecule has 9 heteroatoms. The molecule has 0 bridgehead atoms. The van der Waals surface area contributed by atoms with Gasteiger partial charge in [-0.25, -0.2) is 18.5 Å². The highest BCUT2D eigenvalue weighted by Crippen LogP contribution is 2.34. The average molecular weight is 398 g/mol. The van der Waals surface area contributed by atoms with Gasteiger partial charge in [0.25, 0.3) is 0 Å². The lowest BCUT2D eigenvalue weighted by Gasteiger charge is -2.23. The van der Waals surface area contributed by atoms with Crippen LogP contribution in [0.1, 0.15) is 23.1 Å². The standard InChI is InChI=1S/C19H22N6O2S/c1-12-2-7-15(16(17(12)28(21,26)27)18-23-11-24-25-18)13-3-5-14(6-4-13)19(20)8-9-22-10-19/h2-7,22H,8-11,20H2,1H3,(H2,21,26,27)/t19-/m1/s1. The van der Waals surface area contributed by atoms with Gasteiger partial charge in [0.15, 0.2) is 12.5 Å². The predicted octanol–water partition coefficient (Wildman–Crippen LogP) is 1.63. The smallest absolute Gasteiger partial charge is 0.239 e. The van der Waals surface area contributed by atoms with Crippen LogP contribution in [0.2, 0.25) is 0 Å². The number of primary sulfonamides is 1. The molecule has 8 nitrogen and oxygen atoms in total. The Morgan fingerprint density at radius 3 is 2.46 bits per heavy atom. The van der Waals surface area contributed by atoms with Crippen molar-refractivity contribution in [2.75, 3.05) is 19.8 Å². The van der Waals surface area contributed by atoms with Crippen LogP contribution in [-0.2, 0) is 15.6 Å². The topological polar surface area (TPSA) is 135 Å². The molecule has 1 fully saturated rings. The summed E-state index contributed by atoms with van der Waals surface area (Å²) in [6.07, 6.45) is 0.870. The van der Waals surface area contributed by atoms with Crippen LogP contribution in [0, 0.1) is 6.92 Å². The molecule has 2 aliphatic rings. The molecule has 5 N–H and O–H groups in total. The van der Waals surface area contributed by atoms with E-state index in [0.29, 0.717) is 16.7 Å². The molecule has 4 rings (SSSR count). The molecule has 2 aromatic carbocycles. The Bertz CT molecular complexity index is 1080. The van der Waals surface area contributed by atoms with Gasteiger partial charge in [-0.2, -0.15) is 5.11 Å². The summed E-state index contributed by atoms with van der Waals surface area (Å²) in [5.41, 5.74) is 9.61. The summed E-state index contributed by atoms with van der Waals surface area (Å²) in [4.78, 5) is 4.27. The van der Waals surface area contributed by atoms with Crippen molar-refractivity contribution in [2.24, 2.45) is 26.1 Å². The zero-order valence-electron chi connectivity index (χ0n) is 15.5. The Morgan fingerprint density at radius 1 is 1.14 bits per heavy atom. The maximum Gasteiger partial charge on any atom is 0.239 e. The number of rotatable bonds is 4. The number of sulfonamides is 1. The number of hydrogen-bond donors (Lipinski definition) is 3. The lowest BCUT2D eigenvalue weighted by Crippen LogP contribution is -2.38.